The van der Waals surface area contributed by atoms with Gasteiger partial charge < -0.3 is 9.16 Å². The van der Waals surface area contributed by atoms with E-state index in [1.54, 1.807) is 0 Å². The van der Waals surface area contributed by atoms with Crippen molar-refractivity contribution in [1.82, 2.24) is 0 Å². The summed E-state index contributed by atoms with van der Waals surface area (Å²) < 4.78 is 12.9. The zero-order valence-electron chi connectivity index (χ0n) is 16.1. The molecule has 1 aliphatic heterocycles. The number of carbonyl (C=O) groups excluding carboxylic acids is 1. The van der Waals surface area contributed by atoms with E-state index in [0.29, 0.717) is 25.6 Å². The van der Waals surface area contributed by atoms with Crippen LogP contribution in [0.4, 0.5) is 0 Å². The maximum atomic E-state index is 12.1. The molecule has 1 fully saturated rings. The van der Waals surface area contributed by atoms with Crippen molar-refractivity contribution in [2.45, 2.75) is 71.2 Å². The van der Waals surface area contributed by atoms with Crippen LogP contribution in [-0.2, 0) is 14.0 Å². The van der Waals surface area contributed by atoms with Crippen LogP contribution in [0.15, 0.2) is 23.3 Å². The van der Waals surface area contributed by atoms with Gasteiger partial charge in [-0.15, -0.1) is 0 Å². The molecule has 0 radical (unpaired) electrons. The number of ether oxygens (including phenoxy) is 1. The van der Waals surface area contributed by atoms with E-state index in [9.17, 15) is 4.79 Å². The minimum atomic E-state index is -1.90. The van der Waals surface area contributed by atoms with Crippen LogP contribution >= 0.6 is 0 Å². The van der Waals surface area contributed by atoms with Crippen molar-refractivity contribution < 1.29 is 14.0 Å². The van der Waals surface area contributed by atoms with Crippen molar-refractivity contribution in [3.8, 4) is 0 Å². The average molecular weight is 349 g/mol. The molecule has 24 heavy (non-hydrogen) atoms. The molecule has 0 saturated carbocycles. The third-order valence-electron chi connectivity index (χ3n) is 6.75. The number of hydrogen-bond donors (Lipinski definition) is 0. The van der Waals surface area contributed by atoms with Crippen molar-refractivity contribution in [1.29, 1.82) is 0 Å². The molecule has 3 aliphatic rings. The lowest BCUT2D eigenvalue weighted by molar-refractivity contribution is -0.118. The van der Waals surface area contributed by atoms with Crippen LogP contribution in [0.25, 0.3) is 0 Å². The zero-order valence-corrected chi connectivity index (χ0v) is 17.1. The van der Waals surface area contributed by atoms with E-state index in [2.05, 4.69) is 46.9 Å². The predicted octanol–water partition coefficient (Wildman–Crippen LogP) is 4.65. The first-order chi connectivity index (χ1) is 11.1. The number of carbonyl (C=O) groups is 1. The Morgan fingerprint density at radius 1 is 1.33 bits per heavy atom. The van der Waals surface area contributed by atoms with Gasteiger partial charge >= 0.3 is 0 Å². The van der Waals surface area contributed by atoms with Crippen LogP contribution in [0, 0.1) is 11.3 Å². The molecule has 4 heteroatoms. The highest BCUT2D eigenvalue weighted by Gasteiger charge is 2.54. The minimum absolute atomic E-state index is 0.0618. The van der Waals surface area contributed by atoms with E-state index < -0.39 is 8.32 Å². The van der Waals surface area contributed by atoms with E-state index in [0.717, 1.165) is 12.8 Å². The fourth-order valence-electron chi connectivity index (χ4n) is 4.13. The van der Waals surface area contributed by atoms with Crippen LogP contribution < -0.4 is 0 Å². The first-order valence-corrected chi connectivity index (χ1v) is 12.1. The molecule has 0 unspecified atom stereocenters. The normalized spacial score (nSPS) is 34.2. The van der Waals surface area contributed by atoms with Gasteiger partial charge in [-0.25, -0.2) is 0 Å². The Labute approximate surface area is 147 Å². The van der Waals surface area contributed by atoms with E-state index in [4.69, 9.17) is 9.16 Å². The lowest BCUT2D eigenvalue weighted by Gasteiger charge is -2.52. The summed E-state index contributed by atoms with van der Waals surface area (Å²) in [5.41, 5.74) is 2.54. The van der Waals surface area contributed by atoms with Gasteiger partial charge in [0.25, 0.3) is 0 Å². The molecule has 134 valence electrons. The highest BCUT2D eigenvalue weighted by molar-refractivity contribution is 6.74. The quantitative estimate of drug-likeness (QED) is 0.538. The molecule has 3 atom stereocenters. The van der Waals surface area contributed by atoms with Gasteiger partial charge in [0.1, 0.15) is 0 Å². The Bertz CT molecular complexity index is 596. The molecule has 3 nitrogen and oxygen atoms in total. The van der Waals surface area contributed by atoms with Crippen molar-refractivity contribution >= 4 is 14.1 Å². The molecule has 0 aromatic rings. The molecule has 0 bridgehead atoms. The second kappa shape index (κ2) is 5.92. The van der Waals surface area contributed by atoms with Gasteiger partial charge in [0.15, 0.2) is 14.1 Å². The first kappa shape index (κ1) is 18.1. The van der Waals surface area contributed by atoms with Crippen molar-refractivity contribution in [3.63, 3.8) is 0 Å². The van der Waals surface area contributed by atoms with Crippen LogP contribution in [0.3, 0.4) is 0 Å². The summed E-state index contributed by atoms with van der Waals surface area (Å²) in [6.45, 7) is 15.0. The Hall–Kier alpha value is -0.713. The van der Waals surface area contributed by atoms with E-state index >= 15 is 0 Å². The molecule has 2 aliphatic carbocycles. The summed E-state index contributed by atoms with van der Waals surface area (Å²) in [6, 6.07) is 0. The van der Waals surface area contributed by atoms with Gasteiger partial charge in [-0.05, 0) is 49.5 Å². The smallest absolute Gasteiger partial charge is 0.192 e. The maximum Gasteiger partial charge on any atom is 0.192 e. The monoisotopic (exact) mass is 348 g/mol. The Morgan fingerprint density at radius 2 is 2.04 bits per heavy atom. The average Bonchev–Trinajstić information content (AvgIpc) is 2.83. The molecular formula is C20H32O3Si. The number of ketones is 1. The SMILES string of the molecule is CC1=C[C@@H](O[Si](C)(C)C(C)(C)C)[C@]2(CC1)COCC1=CC(=O)C[C@H]12. The van der Waals surface area contributed by atoms with Crippen molar-refractivity contribution in [2.24, 2.45) is 11.3 Å². The Balaban J connectivity index is 1.97. The van der Waals surface area contributed by atoms with Gasteiger partial charge in [0.2, 0.25) is 0 Å². The molecule has 0 aromatic carbocycles. The molecule has 0 N–H and O–H groups in total. The number of rotatable bonds is 2. The lowest BCUT2D eigenvalue weighted by Crippen LogP contribution is -2.55. The molecule has 1 heterocycles. The third kappa shape index (κ3) is 2.97. The number of fused-ring (bicyclic) bond motifs is 2. The molecule has 0 aromatic heterocycles. The molecular weight excluding hydrogens is 316 g/mol. The second-order valence-corrected chi connectivity index (χ2v) is 14.2. The van der Waals surface area contributed by atoms with Gasteiger partial charge in [0.05, 0.1) is 19.3 Å². The lowest BCUT2D eigenvalue weighted by atomic mass is 9.62. The van der Waals surface area contributed by atoms with E-state index in [1.807, 2.05) is 6.08 Å². The number of hydrogen-bond acceptors (Lipinski definition) is 3. The maximum absolute atomic E-state index is 12.1. The fourth-order valence-corrected chi connectivity index (χ4v) is 5.42. The predicted molar refractivity (Wildman–Crippen MR) is 99.5 cm³/mol. The van der Waals surface area contributed by atoms with Crippen LogP contribution in [0.2, 0.25) is 18.1 Å². The topological polar surface area (TPSA) is 35.5 Å². The second-order valence-electron chi connectivity index (χ2n) is 9.48. The Kier molecular flexibility index (Phi) is 4.47. The van der Waals surface area contributed by atoms with Gasteiger partial charge in [-0.2, -0.15) is 0 Å². The molecule has 0 amide bonds. The van der Waals surface area contributed by atoms with Gasteiger partial charge in [0, 0.05) is 17.8 Å². The summed E-state index contributed by atoms with van der Waals surface area (Å²) in [4.78, 5) is 12.1. The van der Waals surface area contributed by atoms with Crippen LogP contribution in [-0.4, -0.2) is 33.4 Å². The summed E-state index contributed by atoms with van der Waals surface area (Å²) in [5, 5.41) is 0.174. The standard InChI is InChI=1S/C20H32O3Si/c1-14-7-8-20(13-22-12-15-10-16(21)11-17(15)20)18(9-14)23-24(5,6)19(2,3)4/h9-10,17-18H,7-8,11-13H2,1-6H3/t17-,18-,20-/m1/s1. The van der Waals surface area contributed by atoms with Crippen molar-refractivity contribution in [3.05, 3.63) is 23.3 Å². The first-order valence-electron chi connectivity index (χ1n) is 9.21. The van der Waals surface area contributed by atoms with Gasteiger partial charge in [-0.3, -0.25) is 4.79 Å². The van der Waals surface area contributed by atoms with Crippen LogP contribution in [0.5, 0.6) is 0 Å². The highest BCUT2D eigenvalue weighted by atomic mass is 28.4. The summed E-state index contributed by atoms with van der Waals surface area (Å²) >= 11 is 0. The third-order valence-corrected chi connectivity index (χ3v) is 11.2. The highest BCUT2D eigenvalue weighted by Crippen LogP contribution is 2.53. The number of allylic oxidation sites excluding steroid dienone is 2. The summed E-state index contributed by atoms with van der Waals surface area (Å²) in [7, 11) is -1.90. The van der Waals surface area contributed by atoms with Crippen molar-refractivity contribution in [2.75, 3.05) is 13.2 Å². The minimum Gasteiger partial charge on any atom is -0.410 e. The molecule has 3 rings (SSSR count). The van der Waals surface area contributed by atoms with Gasteiger partial charge in [-0.1, -0.05) is 32.4 Å². The van der Waals surface area contributed by atoms with E-state index in [1.165, 1.54) is 11.1 Å². The summed E-state index contributed by atoms with van der Waals surface area (Å²) in [6.07, 6.45) is 7.01. The summed E-state index contributed by atoms with van der Waals surface area (Å²) in [5.74, 6) is 0.565. The fraction of sp³-hybridized carbons (Fsp3) is 0.750. The Morgan fingerprint density at radius 3 is 2.71 bits per heavy atom. The molecule has 1 spiro atoms. The largest absolute Gasteiger partial charge is 0.410 e. The zero-order chi connectivity index (χ0) is 17.8. The van der Waals surface area contributed by atoms with Crippen LogP contribution in [0.1, 0.15) is 47.0 Å². The molecule has 1 saturated heterocycles. The van der Waals surface area contributed by atoms with E-state index in [-0.39, 0.29) is 22.3 Å².